The highest BCUT2D eigenvalue weighted by molar-refractivity contribution is 5.93. The average Bonchev–Trinajstić information content (AvgIpc) is 3.30. The Morgan fingerprint density at radius 2 is 1.81 bits per heavy atom. The molecule has 1 fully saturated rings. The predicted molar refractivity (Wildman–Crippen MR) is 118 cm³/mol. The molecule has 31 heavy (non-hydrogen) atoms. The van der Waals surface area contributed by atoms with Crippen molar-refractivity contribution in [2.24, 2.45) is 0 Å². The SMILES string of the molecule is Cc1cccc(NC(=O)CN2CCN(C(=O)CCCNC(=O)c3ccco3)CC2)c1C. The van der Waals surface area contributed by atoms with Gasteiger partial charge in [0.1, 0.15) is 0 Å². The molecule has 1 saturated heterocycles. The fourth-order valence-corrected chi connectivity index (χ4v) is 3.53. The van der Waals surface area contributed by atoms with Crippen molar-refractivity contribution in [3.05, 3.63) is 53.5 Å². The second-order valence-corrected chi connectivity index (χ2v) is 7.79. The third kappa shape index (κ3) is 6.42. The van der Waals surface area contributed by atoms with Gasteiger partial charge in [-0.3, -0.25) is 19.3 Å². The summed E-state index contributed by atoms with van der Waals surface area (Å²) in [5.41, 5.74) is 3.06. The fraction of sp³-hybridized carbons (Fsp3) is 0.435. The largest absolute Gasteiger partial charge is 0.459 e. The monoisotopic (exact) mass is 426 g/mol. The number of carbonyl (C=O) groups is 3. The van der Waals surface area contributed by atoms with E-state index in [9.17, 15) is 14.4 Å². The standard InChI is InChI=1S/C23H30N4O4/c1-17-6-3-7-19(18(17)2)25-21(28)16-26-11-13-27(14-12-26)22(29)9-4-10-24-23(30)20-8-5-15-31-20/h3,5-8,15H,4,9-14,16H2,1-2H3,(H,24,30)(H,25,28). The number of rotatable bonds is 8. The molecule has 1 aliphatic heterocycles. The molecule has 8 heteroatoms. The summed E-state index contributed by atoms with van der Waals surface area (Å²) in [6, 6.07) is 9.13. The lowest BCUT2D eigenvalue weighted by molar-refractivity contribution is -0.133. The molecule has 2 aromatic rings. The Bertz CT molecular complexity index is 902. The van der Waals surface area contributed by atoms with E-state index in [0.717, 1.165) is 16.8 Å². The van der Waals surface area contributed by atoms with Crippen LogP contribution in [0.3, 0.4) is 0 Å². The molecule has 0 aliphatic carbocycles. The molecular weight excluding hydrogens is 396 g/mol. The number of amides is 3. The molecule has 8 nitrogen and oxygen atoms in total. The van der Waals surface area contributed by atoms with E-state index < -0.39 is 0 Å². The van der Waals surface area contributed by atoms with Crippen molar-refractivity contribution in [1.82, 2.24) is 15.1 Å². The number of carbonyl (C=O) groups excluding carboxylic acids is 3. The Morgan fingerprint density at radius 1 is 1.03 bits per heavy atom. The quantitative estimate of drug-likeness (QED) is 0.631. The van der Waals surface area contributed by atoms with E-state index in [1.54, 1.807) is 12.1 Å². The van der Waals surface area contributed by atoms with Crippen LogP contribution >= 0.6 is 0 Å². The van der Waals surface area contributed by atoms with Crippen LogP contribution in [0.4, 0.5) is 5.69 Å². The molecule has 3 rings (SSSR count). The van der Waals surface area contributed by atoms with Gasteiger partial charge >= 0.3 is 0 Å². The first-order chi connectivity index (χ1) is 14.9. The predicted octanol–water partition coefficient (Wildman–Crippen LogP) is 2.19. The summed E-state index contributed by atoms with van der Waals surface area (Å²) in [7, 11) is 0. The van der Waals surface area contributed by atoms with Gasteiger partial charge in [-0.05, 0) is 49.6 Å². The zero-order valence-corrected chi connectivity index (χ0v) is 18.1. The molecule has 1 aromatic heterocycles. The van der Waals surface area contributed by atoms with Crippen LogP contribution in [-0.2, 0) is 9.59 Å². The normalized spacial score (nSPS) is 14.3. The van der Waals surface area contributed by atoms with Crippen LogP contribution in [0.1, 0.15) is 34.5 Å². The Labute approximate surface area is 182 Å². The third-order valence-corrected chi connectivity index (χ3v) is 5.57. The maximum absolute atomic E-state index is 12.4. The molecule has 1 aromatic carbocycles. The van der Waals surface area contributed by atoms with Gasteiger partial charge in [0.15, 0.2) is 5.76 Å². The van der Waals surface area contributed by atoms with Gasteiger partial charge in [0, 0.05) is 44.8 Å². The highest BCUT2D eigenvalue weighted by Gasteiger charge is 2.22. The van der Waals surface area contributed by atoms with Gasteiger partial charge in [-0.1, -0.05) is 12.1 Å². The Morgan fingerprint density at radius 3 is 2.52 bits per heavy atom. The molecule has 1 aliphatic rings. The number of nitrogens with one attached hydrogen (secondary N) is 2. The Kier molecular flexibility index (Phi) is 7.83. The summed E-state index contributed by atoms with van der Waals surface area (Å²) in [4.78, 5) is 40.5. The molecule has 0 atom stereocenters. The van der Waals surface area contributed by atoms with Crippen LogP contribution in [0, 0.1) is 13.8 Å². The molecule has 3 amide bonds. The van der Waals surface area contributed by atoms with Crippen LogP contribution in [0.5, 0.6) is 0 Å². The van der Waals surface area contributed by atoms with Gasteiger partial charge in [-0.25, -0.2) is 0 Å². The summed E-state index contributed by atoms with van der Waals surface area (Å²) in [6.45, 7) is 7.30. The zero-order valence-electron chi connectivity index (χ0n) is 18.1. The van der Waals surface area contributed by atoms with E-state index >= 15 is 0 Å². The number of piperazine rings is 1. The summed E-state index contributed by atoms with van der Waals surface area (Å²) < 4.78 is 5.03. The summed E-state index contributed by atoms with van der Waals surface area (Å²) >= 11 is 0. The van der Waals surface area contributed by atoms with Crippen molar-refractivity contribution in [3.63, 3.8) is 0 Å². The van der Waals surface area contributed by atoms with Crippen LogP contribution in [0.25, 0.3) is 0 Å². The third-order valence-electron chi connectivity index (χ3n) is 5.57. The van der Waals surface area contributed by atoms with E-state index in [4.69, 9.17) is 4.42 Å². The lowest BCUT2D eigenvalue weighted by atomic mass is 10.1. The molecule has 0 radical (unpaired) electrons. The number of anilines is 1. The number of nitrogens with zero attached hydrogens (tertiary/aromatic N) is 2. The molecule has 166 valence electrons. The van der Waals surface area contributed by atoms with Gasteiger partial charge in [-0.15, -0.1) is 0 Å². The van der Waals surface area contributed by atoms with Crippen LogP contribution in [0.15, 0.2) is 41.0 Å². The number of hydrogen-bond donors (Lipinski definition) is 2. The molecular formula is C23H30N4O4. The highest BCUT2D eigenvalue weighted by Crippen LogP contribution is 2.18. The zero-order chi connectivity index (χ0) is 22.2. The minimum Gasteiger partial charge on any atom is -0.459 e. The van der Waals surface area contributed by atoms with Gasteiger partial charge in [0.25, 0.3) is 5.91 Å². The van der Waals surface area contributed by atoms with E-state index in [1.165, 1.54) is 6.26 Å². The first-order valence-corrected chi connectivity index (χ1v) is 10.6. The second kappa shape index (κ2) is 10.8. The number of aryl methyl sites for hydroxylation is 1. The second-order valence-electron chi connectivity index (χ2n) is 7.79. The van der Waals surface area contributed by atoms with Crippen molar-refractivity contribution in [2.45, 2.75) is 26.7 Å². The first-order valence-electron chi connectivity index (χ1n) is 10.6. The number of benzene rings is 1. The number of furan rings is 1. The van der Waals surface area contributed by atoms with Gasteiger partial charge in [0.2, 0.25) is 11.8 Å². The maximum atomic E-state index is 12.4. The first kappa shape index (κ1) is 22.6. The van der Waals surface area contributed by atoms with E-state index in [1.807, 2.05) is 36.9 Å². The van der Waals surface area contributed by atoms with Crippen molar-refractivity contribution in [3.8, 4) is 0 Å². The lowest BCUT2D eigenvalue weighted by Crippen LogP contribution is -2.50. The molecule has 0 unspecified atom stereocenters. The Hall–Kier alpha value is -3.13. The number of hydrogen-bond acceptors (Lipinski definition) is 5. The van der Waals surface area contributed by atoms with Crippen LogP contribution < -0.4 is 10.6 Å². The van der Waals surface area contributed by atoms with E-state index in [2.05, 4.69) is 15.5 Å². The van der Waals surface area contributed by atoms with Crippen molar-refractivity contribution < 1.29 is 18.8 Å². The topological polar surface area (TPSA) is 94.9 Å². The molecule has 2 heterocycles. The maximum Gasteiger partial charge on any atom is 0.286 e. The van der Waals surface area contributed by atoms with Crippen LogP contribution in [-0.4, -0.2) is 66.8 Å². The minimum absolute atomic E-state index is 0.0409. The summed E-state index contributed by atoms with van der Waals surface area (Å²) in [5.74, 6) is 0.0294. The van der Waals surface area contributed by atoms with Crippen LogP contribution in [0.2, 0.25) is 0 Å². The molecule has 2 N–H and O–H groups in total. The smallest absolute Gasteiger partial charge is 0.286 e. The van der Waals surface area contributed by atoms with Crippen molar-refractivity contribution in [2.75, 3.05) is 44.6 Å². The van der Waals surface area contributed by atoms with Gasteiger partial charge in [0.05, 0.1) is 12.8 Å². The van der Waals surface area contributed by atoms with Crippen molar-refractivity contribution >= 4 is 23.4 Å². The molecule has 0 spiro atoms. The van der Waals surface area contributed by atoms with Gasteiger partial charge in [-0.2, -0.15) is 0 Å². The van der Waals surface area contributed by atoms with Gasteiger partial charge < -0.3 is 20.0 Å². The summed E-state index contributed by atoms with van der Waals surface area (Å²) in [6.07, 6.45) is 2.40. The summed E-state index contributed by atoms with van der Waals surface area (Å²) in [5, 5.41) is 5.73. The highest BCUT2D eigenvalue weighted by atomic mass is 16.3. The van der Waals surface area contributed by atoms with E-state index in [-0.39, 0.29) is 23.5 Å². The molecule has 0 saturated carbocycles. The lowest BCUT2D eigenvalue weighted by Gasteiger charge is -2.34. The van der Waals surface area contributed by atoms with E-state index in [0.29, 0.717) is 52.1 Å². The molecule has 0 bridgehead atoms. The fourth-order valence-electron chi connectivity index (χ4n) is 3.53. The average molecular weight is 427 g/mol. The Balaban J connectivity index is 1.33. The van der Waals surface area contributed by atoms with Crippen molar-refractivity contribution in [1.29, 1.82) is 0 Å². The minimum atomic E-state index is -0.273.